The molecule has 6 aromatic heterocycles. The van der Waals surface area contributed by atoms with Crippen LogP contribution in [0.15, 0.2) is 130 Å². The summed E-state index contributed by atoms with van der Waals surface area (Å²) in [6.45, 7) is 9.93. The topological polar surface area (TPSA) is 175 Å². The average molecular weight is 1300 g/mol. The summed E-state index contributed by atoms with van der Waals surface area (Å²) in [6, 6.07) is 10.6. The summed E-state index contributed by atoms with van der Waals surface area (Å²) in [6.07, 6.45) is 16.0. The molecule has 324 valence electrons. The van der Waals surface area contributed by atoms with E-state index in [-0.39, 0.29) is 11.6 Å². The first-order valence-corrected chi connectivity index (χ1v) is 22.9. The van der Waals surface area contributed by atoms with Crippen LogP contribution in [0.1, 0.15) is 27.7 Å². The Morgan fingerprint density at radius 1 is 0.517 bits per heavy atom. The van der Waals surface area contributed by atoms with E-state index in [1.807, 2.05) is 39.8 Å². The lowest BCUT2D eigenvalue weighted by molar-refractivity contribution is -0.905. The predicted molar refractivity (Wildman–Crippen MR) is 254 cm³/mol. The molecule has 22 heteroatoms. The highest BCUT2D eigenvalue weighted by atomic mass is 79.9. The first-order valence-electron chi connectivity index (χ1n) is 17.0. The van der Waals surface area contributed by atoms with Crippen LogP contribution >= 0.6 is 123 Å². The van der Waals surface area contributed by atoms with Crippen molar-refractivity contribution in [3.8, 4) is 34.6 Å². The van der Waals surface area contributed by atoms with Gasteiger partial charge in [-0.3, -0.25) is 20.2 Å². The van der Waals surface area contributed by atoms with Gasteiger partial charge in [0.1, 0.15) is 11.5 Å². The molecule has 0 amide bonds. The van der Waals surface area contributed by atoms with Gasteiger partial charge in [-0.1, -0.05) is 11.6 Å². The van der Waals surface area contributed by atoms with Crippen molar-refractivity contribution in [3.63, 3.8) is 0 Å². The van der Waals surface area contributed by atoms with Gasteiger partial charge in [0.05, 0.1) is 43.3 Å². The van der Waals surface area contributed by atoms with Crippen molar-refractivity contribution in [1.82, 2.24) is 24.9 Å². The normalized spacial score (nSPS) is 9.48. The average Bonchev–Trinajstić information content (AvgIpc) is 3.18. The Kier molecular flexibility index (Phi) is 30.1. The van der Waals surface area contributed by atoms with Crippen molar-refractivity contribution in [1.29, 1.82) is 0 Å². The zero-order valence-corrected chi connectivity index (χ0v) is 44.0. The molecule has 6 aromatic rings. The van der Waals surface area contributed by atoms with Crippen molar-refractivity contribution in [3.05, 3.63) is 135 Å². The fourth-order valence-electron chi connectivity index (χ4n) is 3.57. The van der Waals surface area contributed by atoms with Gasteiger partial charge in [0, 0.05) is 80.9 Å². The second-order valence-corrected chi connectivity index (χ2v) is 17.1. The Bertz CT molecular complexity index is 2040. The largest absolute Gasteiger partial charge is 0.506 e. The van der Waals surface area contributed by atoms with Crippen LogP contribution in [0.4, 0.5) is 0 Å². The van der Waals surface area contributed by atoms with Gasteiger partial charge < -0.3 is 28.9 Å². The SMILES string of the molecule is Brc1cncc(Br)c1.CCOc1cc(Br)c[n+](O)c1.CCOc1cc(Br)cnc1Cl.CCOc1cc(Br)cnc1OO.CCOc1cncc(Br)c1.Oc1cncc(Br)c1. The summed E-state index contributed by atoms with van der Waals surface area (Å²) in [4.78, 5) is 23.2. The summed E-state index contributed by atoms with van der Waals surface area (Å²) in [5, 5.41) is 26.5. The Balaban J connectivity index is 0.000000362. The van der Waals surface area contributed by atoms with E-state index in [4.69, 9.17) is 46.1 Å². The Morgan fingerprint density at radius 3 is 1.43 bits per heavy atom. The number of hydrogen-bond acceptors (Lipinski definition) is 13. The lowest BCUT2D eigenvalue weighted by atomic mass is 10.4. The van der Waals surface area contributed by atoms with Crippen molar-refractivity contribution in [2.75, 3.05) is 26.4 Å². The number of pyridine rings is 6. The summed E-state index contributed by atoms with van der Waals surface area (Å²) in [5.74, 6) is 2.72. The molecule has 0 aromatic carbocycles. The maximum Gasteiger partial charge on any atom is 0.298 e. The molecule has 0 bridgehead atoms. The molecule has 6 rings (SSSR count). The summed E-state index contributed by atoms with van der Waals surface area (Å²) in [5.41, 5.74) is 0. The molecule has 0 atom stereocenters. The number of halogens is 8. The number of ether oxygens (including phenoxy) is 4. The minimum Gasteiger partial charge on any atom is -0.506 e. The van der Waals surface area contributed by atoms with E-state index in [2.05, 4.69) is 141 Å². The third-order valence-corrected chi connectivity index (χ3v) is 9.02. The van der Waals surface area contributed by atoms with Crippen molar-refractivity contribution in [2.24, 2.45) is 0 Å². The Labute approximate surface area is 411 Å². The fraction of sp³-hybridized carbons (Fsp3) is 0.211. The third-order valence-electron chi connectivity index (χ3n) is 5.70. The van der Waals surface area contributed by atoms with Gasteiger partial charge in [-0.25, -0.2) is 15.2 Å². The number of aromatic nitrogens is 6. The van der Waals surface area contributed by atoms with Gasteiger partial charge in [-0.15, -0.1) is 0 Å². The molecular formula is C38H39Br7ClN6O8+. The van der Waals surface area contributed by atoms with Gasteiger partial charge in [-0.05, 0) is 163 Å². The first kappa shape index (κ1) is 55.1. The van der Waals surface area contributed by atoms with Crippen LogP contribution in [-0.4, -0.2) is 66.9 Å². The van der Waals surface area contributed by atoms with Crippen LogP contribution in [0.2, 0.25) is 5.15 Å². The first-order chi connectivity index (χ1) is 28.6. The summed E-state index contributed by atoms with van der Waals surface area (Å²) >= 11 is 28.4. The number of nitrogens with zero attached hydrogens (tertiary/aromatic N) is 6. The third kappa shape index (κ3) is 25.8. The van der Waals surface area contributed by atoms with E-state index in [1.165, 1.54) is 24.8 Å². The molecule has 60 heavy (non-hydrogen) atoms. The van der Waals surface area contributed by atoms with E-state index >= 15 is 0 Å². The number of rotatable bonds is 9. The molecular weight excluding hydrogens is 1260 g/mol. The number of aromatic hydroxyl groups is 1. The van der Waals surface area contributed by atoms with Gasteiger partial charge in [0.25, 0.3) is 12.1 Å². The van der Waals surface area contributed by atoms with E-state index in [0.717, 1.165) is 41.8 Å². The second kappa shape index (κ2) is 32.8. The van der Waals surface area contributed by atoms with Crippen LogP contribution < -0.4 is 28.6 Å². The maximum atomic E-state index is 9.03. The molecule has 14 nitrogen and oxygen atoms in total. The molecule has 0 aliphatic heterocycles. The number of hydrogen-bond donors (Lipinski definition) is 3. The lowest BCUT2D eigenvalue weighted by Gasteiger charge is -2.05. The van der Waals surface area contributed by atoms with Crippen LogP contribution in [0.3, 0.4) is 0 Å². The monoisotopic (exact) mass is 1290 g/mol. The predicted octanol–water partition coefficient (Wildman–Crippen LogP) is 12.8. The van der Waals surface area contributed by atoms with Gasteiger partial charge in [0.15, 0.2) is 22.4 Å². The zero-order chi connectivity index (χ0) is 44.9. The molecule has 3 N–H and O–H groups in total. The smallest absolute Gasteiger partial charge is 0.298 e. The molecule has 0 spiro atoms. The molecule has 0 saturated carbocycles. The van der Waals surface area contributed by atoms with E-state index in [1.54, 1.807) is 61.4 Å². The minimum absolute atomic E-state index is 0.0695. The minimum atomic E-state index is 0.0695. The summed E-state index contributed by atoms with van der Waals surface area (Å²) in [7, 11) is 0. The Morgan fingerprint density at radius 2 is 0.967 bits per heavy atom. The van der Waals surface area contributed by atoms with Gasteiger partial charge >= 0.3 is 0 Å². The van der Waals surface area contributed by atoms with Crippen molar-refractivity contribution >= 4 is 123 Å². The highest BCUT2D eigenvalue weighted by molar-refractivity contribution is 9.11. The molecule has 0 saturated heterocycles. The van der Waals surface area contributed by atoms with Crippen LogP contribution in [0.5, 0.6) is 34.6 Å². The molecule has 0 aliphatic rings. The van der Waals surface area contributed by atoms with E-state index < -0.39 is 0 Å². The zero-order valence-electron chi connectivity index (χ0n) is 32.2. The molecule has 0 fully saturated rings. The highest BCUT2D eigenvalue weighted by Crippen LogP contribution is 2.27. The van der Waals surface area contributed by atoms with Gasteiger partial charge in [0.2, 0.25) is 6.20 Å². The highest BCUT2D eigenvalue weighted by Gasteiger charge is 2.07. The van der Waals surface area contributed by atoms with Crippen LogP contribution in [0, 0.1) is 0 Å². The van der Waals surface area contributed by atoms with Crippen molar-refractivity contribution < 1.29 is 44.1 Å². The molecule has 0 unspecified atom stereocenters. The molecule has 6 heterocycles. The van der Waals surface area contributed by atoms with Crippen LogP contribution in [-0.2, 0) is 0 Å². The fourth-order valence-corrected chi connectivity index (χ4v) is 6.52. The molecule has 0 aliphatic carbocycles. The maximum absolute atomic E-state index is 9.03. The van der Waals surface area contributed by atoms with Crippen LogP contribution in [0.25, 0.3) is 0 Å². The quantitative estimate of drug-likeness (QED) is 0.0410. The molecule has 0 radical (unpaired) electrons. The van der Waals surface area contributed by atoms with Crippen molar-refractivity contribution in [2.45, 2.75) is 27.7 Å². The van der Waals surface area contributed by atoms with E-state index in [0.29, 0.717) is 48.8 Å². The van der Waals surface area contributed by atoms with Gasteiger partial charge in [-0.2, -0.15) is 0 Å². The Hall–Kier alpha value is -2.89. The summed E-state index contributed by atoms with van der Waals surface area (Å²) < 4.78 is 27.8. The second-order valence-electron chi connectivity index (χ2n) is 10.3. The van der Waals surface area contributed by atoms with E-state index in [9.17, 15) is 0 Å². The standard InChI is InChI=1S/C7H7BrClNO.C7H8BrNO3.C7H9BrNO2.C7H8BrNO.C5H3Br2N.C5H4BrNO/c1-2-11-6-3-5(8)4-10-7(6)9;1-2-11-6-3-5(8)4-9-7(6)12-10;1-2-11-7-3-6(8)4-9(10)5-7;1-2-10-7-3-6(8)4-9-5-7;6-4-1-5(7)3-8-2-4;6-4-1-5(8)3-7-2-4/h3-4H,2H2,1H3;3-4,10H,2H2,1H3;3-5,10H,2H2,1H3;3-5H,2H2,1H3;1-3H;1-3,8H/q;;+1;;;. The lowest BCUT2D eigenvalue weighted by Crippen LogP contribution is -2.28.